The van der Waals surface area contributed by atoms with Gasteiger partial charge in [0.1, 0.15) is 12.4 Å². The van der Waals surface area contributed by atoms with Crippen LogP contribution in [0.3, 0.4) is 0 Å². The zero-order valence-corrected chi connectivity index (χ0v) is 17.7. The Morgan fingerprint density at radius 1 is 1.37 bits per heavy atom. The van der Waals surface area contributed by atoms with E-state index >= 15 is 0 Å². The second-order valence-corrected chi connectivity index (χ2v) is 8.74. The van der Waals surface area contributed by atoms with E-state index in [0.29, 0.717) is 0 Å². The van der Waals surface area contributed by atoms with Crippen LogP contribution >= 0.6 is 0 Å². The van der Waals surface area contributed by atoms with E-state index in [0.717, 1.165) is 22.4 Å². The molecule has 2 rings (SSSR count). The van der Waals surface area contributed by atoms with Gasteiger partial charge in [-0.05, 0) is 30.5 Å². The fourth-order valence-electron chi connectivity index (χ4n) is 2.60. The van der Waals surface area contributed by atoms with Crippen molar-refractivity contribution in [2.75, 3.05) is 31.3 Å². The highest BCUT2D eigenvalue weighted by Gasteiger charge is 2.29. The lowest BCUT2D eigenvalue weighted by Gasteiger charge is -2.27. The third kappa shape index (κ3) is 6.49. The van der Waals surface area contributed by atoms with Crippen molar-refractivity contribution in [2.45, 2.75) is 31.1 Å². The van der Waals surface area contributed by atoms with E-state index in [9.17, 15) is 23.4 Å². The highest BCUT2D eigenvalue weighted by molar-refractivity contribution is 7.92. The summed E-state index contributed by atoms with van der Waals surface area (Å²) in [6, 6.07) is 2.32. The van der Waals surface area contributed by atoms with E-state index in [-0.39, 0.29) is 32.6 Å². The summed E-state index contributed by atoms with van der Waals surface area (Å²) in [4.78, 5) is 20.5. The minimum Gasteiger partial charge on any atom is -0.430 e. The molecular formula is C18H28N4O7S. The molecule has 0 aliphatic rings. The Hall–Kier alpha value is -2.54. The van der Waals surface area contributed by atoms with Crippen LogP contribution in [0.2, 0.25) is 0 Å². The first-order valence-corrected chi connectivity index (χ1v) is 10.9. The maximum atomic E-state index is 12.6. The molecule has 0 fully saturated rings. The van der Waals surface area contributed by atoms with Crippen LogP contribution in [0.15, 0.2) is 35.2 Å². The fraction of sp³-hybridized carbons (Fsp3) is 0.500. The van der Waals surface area contributed by atoms with Crippen LogP contribution in [-0.2, 0) is 21.2 Å². The largest absolute Gasteiger partial charge is 0.430 e. The first-order chi connectivity index (χ1) is 14.1. The molecule has 168 valence electrons. The highest BCUT2D eigenvalue weighted by atomic mass is 32.2. The number of hydrogen-bond donors (Lipinski definition) is 3. The number of carbonyl (C=O) groups excluding carboxylic acids is 1. The third-order valence-corrected chi connectivity index (χ3v) is 5.59. The van der Waals surface area contributed by atoms with Crippen molar-refractivity contribution >= 4 is 21.9 Å². The number of aromatic nitrogens is 2. The molecule has 11 nitrogen and oxygen atoms in total. The first kappa shape index (κ1) is 23.7. The smallest absolute Gasteiger partial charge is 0.311 e. The molecule has 2 aromatic rings. The van der Waals surface area contributed by atoms with Gasteiger partial charge in [-0.1, -0.05) is 0 Å². The molecule has 0 bridgehead atoms. The molecule has 0 aliphatic heterocycles. The van der Waals surface area contributed by atoms with Gasteiger partial charge in [-0.2, -0.15) is 4.98 Å². The van der Waals surface area contributed by atoms with Crippen molar-refractivity contribution in [1.29, 1.82) is 0 Å². The lowest BCUT2D eigenvalue weighted by Crippen LogP contribution is -2.50. The van der Waals surface area contributed by atoms with Gasteiger partial charge < -0.3 is 24.7 Å². The van der Waals surface area contributed by atoms with Gasteiger partial charge in [-0.15, -0.1) is 0 Å². The summed E-state index contributed by atoms with van der Waals surface area (Å²) in [5.74, 6) is -0.691. The molecule has 0 aromatic carbocycles. The van der Waals surface area contributed by atoms with E-state index in [1.165, 1.54) is 14.2 Å². The normalized spacial score (nSPS) is 14.7. The van der Waals surface area contributed by atoms with Crippen molar-refractivity contribution in [2.24, 2.45) is 0 Å². The number of amides is 1. The van der Waals surface area contributed by atoms with Crippen molar-refractivity contribution in [1.82, 2.24) is 15.3 Å². The summed E-state index contributed by atoms with van der Waals surface area (Å²) in [5, 5.41) is 23.5. The summed E-state index contributed by atoms with van der Waals surface area (Å²) in [6.07, 6.45) is 3.10. The summed E-state index contributed by atoms with van der Waals surface area (Å²) in [5.41, 5.74) is 0.616. The van der Waals surface area contributed by atoms with Crippen molar-refractivity contribution < 1.29 is 34.0 Å². The summed E-state index contributed by atoms with van der Waals surface area (Å²) in [6.45, 7) is 0.235. The summed E-state index contributed by atoms with van der Waals surface area (Å²) in [7, 11) is -0.893. The molecule has 0 spiro atoms. The van der Waals surface area contributed by atoms with Gasteiger partial charge in [0.05, 0.1) is 18.4 Å². The summed E-state index contributed by atoms with van der Waals surface area (Å²) >= 11 is 0. The number of methoxy groups -OCH3 is 1. The highest BCUT2D eigenvalue weighted by Crippen LogP contribution is 2.16. The maximum Gasteiger partial charge on any atom is 0.311 e. The number of nitrogens with zero attached hydrogens (tertiary/aromatic N) is 3. The molecule has 0 saturated carbocycles. The van der Waals surface area contributed by atoms with Gasteiger partial charge in [0.2, 0.25) is 10.0 Å². The Kier molecular flexibility index (Phi) is 8.29. The van der Waals surface area contributed by atoms with Crippen molar-refractivity contribution in [3.63, 3.8) is 0 Å². The van der Waals surface area contributed by atoms with Crippen LogP contribution in [0.1, 0.15) is 23.9 Å². The number of hydrogen-bond acceptors (Lipinski definition) is 9. The molecule has 3 atom stereocenters. The Bertz CT molecular complexity index is 926. The standard InChI is InChI=1S/C18H26N4O7S.H2/c1-22(30(3,26)27)18-21-14(11-29-18)17(25)20-13(10-12-4-7-19-8-5-12)16(24)15(23)6-9-28-2;/h4-5,7-8,11,13,15-16,23-24H,6,9-10H2,1-3H3,(H,20,25);1H. The molecule has 2 heterocycles. The number of ether oxygens (including phenoxy) is 1. The number of anilines is 1. The molecule has 0 saturated heterocycles. The van der Waals surface area contributed by atoms with Crippen molar-refractivity contribution in [3.05, 3.63) is 42.0 Å². The Balaban J connectivity index is 0.00000480. The predicted molar refractivity (Wildman–Crippen MR) is 110 cm³/mol. The van der Waals surface area contributed by atoms with Gasteiger partial charge >= 0.3 is 6.01 Å². The van der Waals surface area contributed by atoms with E-state index in [2.05, 4.69) is 15.3 Å². The number of aliphatic hydroxyl groups is 2. The average Bonchev–Trinajstić information content (AvgIpc) is 3.20. The van der Waals surface area contributed by atoms with Gasteiger partial charge in [-0.3, -0.25) is 9.78 Å². The van der Waals surface area contributed by atoms with Crippen LogP contribution in [0.4, 0.5) is 6.01 Å². The number of nitrogens with one attached hydrogen (secondary N) is 1. The SMILES string of the molecule is COCCC(O)C(O)C(Cc1ccncc1)NC(=O)c1coc(N(C)S(C)(=O)=O)n1.[HH]. The molecule has 2 aromatic heterocycles. The summed E-state index contributed by atoms with van der Waals surface area (Å²) < 4.78 is 34.0. The minimum absolute atomic E-state index is 0. The first-order valence-electron chi connectivity index (χ1n) is 9.07. The molecule has 12 heteroatoms. The van der Waals surface area contributed by atoms with E-state index in [4.69, 9.17) is 9.15 Å². The molecule has 30 heavy (non-hydrogen) atoms. The number of oxazole rings is 1. The topological polar surface area (TPSA) is 155 Å². The molecule has 0 aliphatic carbocycles. The molecule has 0 radical (unpaired) electrons. The van der Waals surface area contributed by atoms with Gasteiger partial charge in [0.25, 0.3) is 5.91 Å². The van der Waals surface area contributed by atoms with Gasteiger partial charge in [-0.25, -0.2) is 12.7 Å². The quantitative estimate of drug-likeness (QED) is 0.427. The number of rotatable bonds is 11. The number of carbonyl (C=O) groups is 1. The average molecular weight is 445 g/mol. The second kappa shape index (κ2) is 10.5. The number of aliphatic hydroxyl groups excluding tert-OH is 2. The third-order valence-electron chi connectivity index (χ3n) is 4.44. The van der Waals surface area contributed by atoms with Crippen LogP contribution in [0.25, 0.3) is 0 Å². The Morgan fingerprint density at radius 2 is 2.03 bits per heavy atom. The maximum absolute atomic E-state index is 12.6. The van der Waals surface area contributed by atoms with Crippen LogP contribution < -0.4 is 9.62 Å². The molecule has 3 N–H and O–H groups in total. The molecular weight excluding hydrogens is 416 g/mol. The second-order valence-electron chi connectivity index (χ2n) is 6.72. The van der Waals surface area contributed by atoms with Crippen molar-refractivity contribution in [3.8, 4) is 0 Å². The lowest BCUT2D eigenvalue weighted by atomic mass is 9.96. The minimum atomic E-state index is -3.61. The zero-order valence-electron chi connectivity index (χ0n) is 16.9. The Morgan fingerprint density at radius 3 is 2.63 bits per heavy atom. The zero-order chi connectivity index (χ0) is 22.3. The lowest BCUT2D eigenvalue weighted by molar-refractivity contribution is -0.0177. The molecule has 1 amide bonds. The molecule has 3 unspecified atom stereocenters. The number of pyridine rings is 1. The van der Waals surface area contributed by atoms with Gasteiger partial charge in [0, 0.05) is 34.6 Å². The number of sulfonamides is 1. The fourth-order valence-corrected chi connectivity index (χ4v) is 2.97. The van der Waals surface area contributed by atoms with Crippen LogP contribution in [0, 0.1) is 0 Å². The van der Waals surface area contributed by atoms with E-state index in [1.807, 2.05) is 0 Å². The Labute approximate surface area is 176 Å². The monoisotopic (exact) mass is 444 g/mol. The van der Waals surface area contributed by atoms with Crippen LogP contribution in [-0.4, -0.2) is 79.8 Å². The predicted octanol–water partition coefficient (Wildman–Crippen LogP) is -0.189. The van der Waals surface area contributed by atoms with E-state index < -0.39 is 34.2 Å². The van der Waals surface area contributed by atoms with Crippen LogP contribution in [0.5, 0.6) is 0 Å². The van der Waals surface area contributed by atoms with Gasteiger partial charge in [0.15, 0.2) is 5.69 Å². The van der Waals surface area contributed by atoms with E-state index in [1.54, 1.807) is 24.5 Å².